The van der Waals surface area contributed by atoms with Gasteiger partial charge in [-0.2, -0.15) is 0 Å². The third-order valence-electron chi connectivity index (χ3n) is 3.00. The molecular weight excluding hydrogens is 203 g/mol. The fourth-order valence-electron chi connectivity index (χ4n) is 1.64. The van der Waals surface area contributed by atoms with Crippen molar-refractivity contribution in [3.8, 4) is 0 Å². The highest BCUT2D eigenvalue weighted by molar-refractivity contribution is 5.27. The van der Waals surface area contributed by atoms with Crippen LogP contribution in [0.15, 0.2) is 18.2 Å². The summed E-state index contributed by atoms with van der Waals surface area (Å²) in [6, 6.07) is 4.96. The van der Waals surface area contributed by atoms with Gasteiger partial charge in [-0.05, 0) is 49.8 Å². The molecule has 0 aliphatic carbocycles. The minimum atomic E-state index is -0.932. The molecule has 0 radical (unpaired) electrons. The number of aliphatic hydroxyl groups is 1. The quantitative estimate of drug-likeness (QED) is 0.825. The minimum absolute atomic E-state index is 0.248. The molecule has 0 spiro atoms. The second-order valence-electron chi connectivity index (χ2n) is 5.17. The van der Waals surface area contributed by atoms with Crippen LogP contribution in [0.1, 0.15) is 44.7 Å². The van der Waals surface area contributed by atoms with Crippen molar-refractivity contribution in [1.82, 2.24) is 0 Å². The lowest BCUT2D eigenvalue weighted by atomic mass is 9.88. The van der Waals surface area contributed by atoms with E-state index >= 15 is 0 Å². The van der Waals surface area contributed by atoms with Gasteiger partial charge in [-0.25, -0.2) is 4.39 Å². The van der Waals surface area contributed by atoms with Crippen LogP contribution in [0.4, 0.5) is 4.39 Å². The van der Waals surface area contributed by atoms with Gasteiger partial charge in [0.1, 0.15) is 5.82 Å². The van der Waals surface area contributed by atoms with E-state index in [2.05, 4.69) is 13.8 Å². The molecule has 1 nitrogen and oxygen atoms in total. The second-order valence-corrected chi connectivity index (χ2v) is 5.17. The molecule has 0 fully saturated rings. The third kappa shape index (κ3) is 3.31. The summed E-state index contributed by atoms with van der Waals surface area (Å²) in [5.41, 5.74) is 0.346. The smallest absolute Gasteiger partial charge is 0.126 e. The zero-order valence-corrected chi connectivity index (χ0v) is 10.5. The summed E-state index contributed by atoms with van der Waals surface area (Å²) in [4.78, 5) is 0. The van der Waals surface area contributed by atoms with E-state index in [1.807, 2.05) is 0 Å². The molecule has 1 aromatic carbocycles. The van der Waals surface area contributed by atoms with Crippen molar-refractivity contribution in [2.75, 3.05) is 0 Å². The van der Waals surface area contributed by atoms with E-state index < -0.39 is 5.60 Å². The normalized spacial score (nSPS) is 15.2. The van der Waals surface area contributed by atoms with E-state index in [0.717, 1.165) is 6.42 Å². The highest BCUT2D eigenvalue weighted by Gasteiger charge is 2.23. The number of hydrogen-bond acceptors (Lipinski definition) is 1. The molecule has 0 bridgehead atoms. The van der Waals surface area contributed by atoms with Gasteiger partial charge >= 0.3 is 0 Å². The Kier molecular flexibility index (Phi) is 4.09. The lowest BCUT2D eigenvalue weighted by molar-refractivity contribution is 0.0417. The number of benzene rings is 1. The number of aryl methyl sites for hydroxylation is 1. The van der Waals surface area contributed by atoms with Crippen LogP contribution in [0.25, 0.3) is 0 Å². The fourth-order valence-corrected chi connectivity index (χ4v) is 1.64. The van der Waals surface area contributed by atoms with Crippen LogP contribution in [-0.2, 0) is 5.60 Å². The molecule has 1 unspecified atom stereocenters. The van der Waals surface area contributed by atoms with Gasteiger partial charge in [0.15, 0.2) is 0 Å². The third-order valence-corrected chi connectivity index (χ3v) is 3.00. The van der Waals surface area contributed by atoms with Crippen molar-refractivity contribution < 1.29 is 9.50 Å². The SMILES string of the molecule is Cc1ccc(C(C)(O)CCC(C)C)cc1F. The maximum atomic E-state index is 13.4. The Hall–Kier alpha value is -0.890. The Morgan fingerprint density at radius 1 is 1.38 bits per heavy atom. The van der Waals surface area contributed by atoms with E-state index in [0.29, 0.717) is 23.5 Å². The molecular formula is C14H21FO. The van der Waals surface area contributed by atoms with Gasteiger partial charge < -0.3 is 5.11 Å². The molecule has 1 aromatic rings. The Morgan fingerprint density at radius 2 is 2.00 bits per heavy atom. The molecule has 0 saturated heterocycles. The maximum Gasteiger partial charge on any atom is 0.126 e. The number of rotatable bonds is 4. The van der Waals surface area contributed by atoms with Crippen molar-refractivity contribution in [2.24, 2.45) is 5.92 Å². The zero-order chi connectivity index (χ0) is 12.3. The van der Waals surface area contributed by atoms with Crippen LogP contribution in [0, 0.1) is 18.7 Å². The first kappa shape index (κ1) is 13.2. The lowest BCUT2D eigenvalue weighted by Gasteiger charge is -2.25. The molecule has 1 atom stereocenters. The van der Waals surface area contributed by atoms with Gasteiger partial charge in [0.2, 0.25) is 0 Å². The van der Waals surface area contributed by atoms with Gasteiger partial charge in [0.05, 0.1) is 5.60 Å². The van der Waals surface area contributed by atoms with Crippen molar-refractivity contribution in [3.05, 3.63) is 35.1 Å². The Morgan fingerprint density at radius 3 is 2.50 bits per heavy atom. The van der Waals surface area contributed by atoms with Crippen molar-refractivity contribution in [3.63, 3.8) is 0 Å². The highest BCUT2D eigenvalue weighted by atomic mass is 19.1. The Balaban J connectivity index is 2.84. The zero-order valence-electron chi connectivity index (χ0n) is 10.5. The van der Waals surface area contributed by atoms with Crippen LogP contribution in [0.3, 0.4) is 0 Å². The average Bonchev–Trinajstić information content (AvgIpc) is 2.19. The summed E-state index contributed by atoms with van der Waals surface area (Å²) in [6.07, 6.45) is 1.59. The van der Waals surface area contributed by atoms with Gasteiger partial charge in [0.25, 0.3) is 0 Å². The molecule has 2 heteroatoms. The van der Waals surface area contributed by atoms with Gasteiger partial charge in [-0.15, -0.1) is 0 Å². The predicted molar refractivity (Wildman–Crippen MR) is 64.8 cm³/mol. The average molecular weight is 224 g/mol. The van der Waals surface area contributed by atoms with E-state index in [4.69, 9.17) is 0 Å². The van der Waals surface area contributed by atoms with Crippen LogP contribution >= 0.6 is 0 Å². The van der Waals surface area contributed by atoms with Crippen LogP contribution in [0.5, 0.6) is 0 Å². The summed E-state index contributed by atoms with van der Waals surface area (Å²) >= 11 is 0. The Labute approximate surface area is 97.3 Å². The molecule has 0 heterocycles. The molecule has 90 valence electrons. The van der Waals surface area contributed by atoms with Crippen LogP contribution in [-0.4, -0.2) is 5.11 Å². The summed E-state index contributed by atoms with van der Waals surface area (Å²) < 4.78 is 13.4. The van der Waals surface area contributed by atoms with Gasteiger partial charge in [-0.3, -0.25) is 0 Å². The summed E-state index contributed by atoms with van der Waals surface area (Å²) in [5.74, 6) is 0.295. The van der Waals surface area contributed by atoms with Crippen molar-refractivity contribution in [1.29, 1.82) is 0 Å². The minimum Gasteiger partial charge on any atom is -0.385 e. The molecule has 16 heavy (non-hydrogen) atoms. The maximum absolute atomic E-state index is 13.4. The van der Waals surface area contributed by atoms with Crippen LogP contribution in [0.2, 0.25) is 0 Å². The molecule has 0 saturated carbocycles. The standard InChI is InChI=1S/C14H21FO/c1-10(2)7-8-14(4,16)12-6-5-11(3)13(15)9-12/h5-6,9-10,16H,7-8H2,1-4H3. The second kappa shape index (κ2) is 4.96. The molecule has 0 amide bonds. The first-order valence-electron chi connectivity index (χ1n) is 5.82. The van der Waals surface area contributed by atoms with Crippen LogP contribution < -0.4 is 0 Å². The lowest BCUT2D eigenvalue weighted by Crippen LogP contribution is -2.22. The molecule has 1 rings (SSSR count). The monoisotopic (exact) mass is 224 g/mol. The van der Waals surface area contributed by atoms with E-state index in [1.54, 1.807) is 26.0 Å². The molecule has 1 N–H and O–H groups in total. The van der Waals surface area contributed by atoms with Crippen molar-refractivity contribution in [2.45, 2.75) is 46.1 Å². The number of halogens is 1. The highest BCUT2D eigenvalue weighted by Crippen LogP contribution is 2.28. The van der Waals surface area contributed by atoms with E-state index in [9.17, 15) is 9.50 Å². The van der Waals surface area contributed by atoms with Gasteiger partial charge in [0, 0.05) is 0 Å². The van der Waals surface area contributed by atoms with E-state index in [-0.39, 0.29) is 5.82 Å². The van der Waals surface area contributed by atoms with Crippen molar-refractivity contribution >= 4 is 0 Å². The predicted octanol–water partition coefficient (Wildman–Crippen LogP) is 3.78. The summed E-state index contributed by atoms with van der Waals surface area (Å²) in [6.45, 7) is 7.71. The summed E-state index contributed by atoms with van der Waals surface area (Å²) in [5, 5.41) is 10.3. The topological polar surface area (TPSA) is 20.2 Å². The van der Waals surface area contributed by atoms with E-state index in [1.165, 1.54) is 6.07 Å². The Bertz CT molecular complexity index is 356. The first-order valence-corrected chi connectivity index (χ1v) is 5.82. The largest absolute Gasteiger partial charge is 0.385 e. The summed E-state index contributed by atoms with van der Waals surface area (Å²) in [7, 11) is 0. The first-order chi connectivity index (χ1) is 7.33. The molecule has 0 aromatic heterocycles. The molecule has 0 aliphatic rings. The fraction of sp³-hybridized carbons (Fsp3) is 0.571. The van der Waals surface area contributed by atoms with Gasteiger partial charge in [-0.1, -0.05) is 26.0 Å². The number of hydrogen-bond donors (Lipinski definition) is 1. The molecule has 0 aliphatic heterocycles.